The van der Waals surface area contributed by atoms with Crippen molar-refractivity contribution in [1.29, 1.82) is 0 Å². The lowest BCUT2D eigenvalue weighted by molar-refractivity contribution is 0.0948. The molecule has 0 spiro atoms. The van der Waals surface area contributed by atoms with E-state index in [1.54, 1.807) is 30.3 Å². The van der Waals surface area contributed by atoms with Gasteiger partial charge in [0.25, 0.3) is 15.9 Å². The van der Waals surface area contributed by atoms with Crippen molar-refractivity contribution in [2.24, 2.45) is 0 Å². The molecule has 0 radical (unpaired) electrons. The van der Waals surface area contributed by atoms with Gasteiger partial charge in [0.2, 0.25) is 6.79 Å². The van der Waals surface area contributed by atoms with Crippen LogP contribution in [0.2, 0.25) is 0 Å². The molecule has 1 aliphatic heterocycles. The number of hydrogen-bond donors (Lipinski definition) is 2. The average molecular weight is 400 g/mol. The van der Waals surface area contributed by atoms with Crippen LogP contribution in [0.15, 0.2) is 70.2 Å². The fraction of sp³-hybridized carbons (Fsp3) is 0.105. The van der Waals surface area contributed by atoms with Gasteiger partial charge in [0.15, 0.2) is 11.5 Å². The minimum absolute atomic E-state index is 0.0317. The van der Waals surface area contributed by atoms with Gasteiger partial charge in [-0.15, -0.1) is 0 Å². The van der Waals surface area contributed by atoms with Crippen LogP contribution in [0.1, 0.15) is 16.1 Å². The predicted molar refractivity (Wildman–Crippen MR) is 99.7 cm³/mol. The van der Waals surface area contributed by atoms with Crippen molar-refractivity contribution in [3.8, 4) is 11.5 Å². The molecule has 1 aromatic heterocycles. The number of benzene rings is 2. The van der Waals surface area contributed by atoms with Gasteiger partial charge in [-0.25, -0.2) is 8.42 Å². The maximum Gasteiger partial charge on any atom is 0.261 e. The second-order valence-corrected chi connectivity index (χ2v) is 7.65. The van der Waals surface area contributed by atoms with E-state index in [0.29, 0.717) is 22.9 Å². The molecule has 2 N–H and O–H groups in total. The van der Waals surface area contributed by atoms with Gasteiger partial charge < -0.3 is 19.2 Å². The molecule has 2 aromatic carbocycles. The quantitative estimate of drug-likeness (QED) is 0.659. The lowest BCUT2D eigenvalue weighted by atomic mass is 10.2. The molecule has 0 saturated carbocycles. The van der Waals surface area contributed by atoms with Gasteiger partial charge in [-0.2, -0.15) is 0 Å². The molecule has 0 unspecified atom stereocenters. The maximum absolute atomic E-state index is 12.7. The number of fused-ring (bicyclic) bond motifs is 1. The molecule has 3 aromatic rings. The first-order valence-electron chi connectivity index (χ1n) is 8.34. The van der Waals surface area contributed by atoms with Crippen LogP contribution < -0.4 is 19.5 Å². The number of amides is 1. The molecular formula is C19H16N2O6S. The van der Waals surface area contributed by atoms with Crippen molar-refractivity contribution in [3.63, 3.8) is 0 Å². The molecule has 28 heavy (non-hydrogen) atoms. The Bertz CT molecular complexity index is 1110. The molecular weight excluding hydrogens is 384 g/mol. The maximum atomic E-state index is 12.7. The minimum Gasteiger partial charge on any atom is -0.467 e. The zero-order valence-corrected chi connectivity index (χ0v) is 15.4. The average Bonchev–Trinajstić information content (AvgIpc) is 3.37. The Morgan fingerprint density at radius 2 is 1.86 bits per heavy atom. The first kappa shape index (κ1) is 17.9. The third-order valence-corrected chi connectivity index (χ3v) is 5.41. The Labute approximate surface area is 161 Å². The molecule has 2 heterocycles. The highest BCUT2D eigenvalue weighted by Crippen LogP contribution is 2.34. The number of anilines is 1. The lowest BCUT2D eigenvalue weighted by Crippen LogP contribution is -2.23. The summed E-state index contributed by atoms with van der Waals surface area (Å²) in [5.41, 5.74) is 0.553. The lowest BCUT2D eigenvalue weighted by Gasteiger charge is -2.10. The fourth-order valence-corrected chi connectivity index (χ4v) is 3.76. The standard InChI is InChI=1S/C19H16N2O6S/c22-19(20-11-15-4-2-8-25-15)13-3-1-5-16(9-13)28(23,24)21-14-6-7-17-18(10-14)27-12-26-17/h1-10,21H,11-12H2,(H,20,22). The third-order valence-electron chi connectivity index (χ3n) is 4.03. The van der Waals surface area contributed by atoms with Crippen molar-refractivity contribution in [1.82, 2.24) is 5.32 Å². The Morgan fingerprint density at radius 1 is 1.00 bits per heavy atom. The number of rotatable bonds is 6. The fourth-order valence-electron chi connectivity index (χ4n) is 2.66. The number of sulfonamides is 1. The van der Waals surface area contributed by atoms with Crippen LogP contribution >= 0.6 is 0 Å². The zero-order chi connectivity index (χ0) is 19.6. The highest BCUT2D eigenvalue weighted by atomic mass is 32.2. The van der Waals surface area contributed by atoms with Crippen LogP contribution in [0.3, 0.4) is 0 Å². The Balaban J connectivity index is 1.50. The van der Waals surface area contributed by atoms with Gasteiger partial charge in [0.1, 0.15) is 5.76 Å². The summed E-state index contributed by atoms with van der Waals surface area (Å²) in [7, 11) is -3.89. The zero-order valence-electron chi connectivity index (χ0n) is 14.5. The minimum atomic E-state index is -3.89. The van der Waals surface area contributed by atoms with Gasteiger partial charge in [0, 0.05) is 11.6 Å². The number of hydrogen-bond acceptors (Lipinski definition) is 6. The normalized spacial score (nSPS) is 12.6. The summed E-state index contributed by atoms with van der Waals surface area (Å²) in [5.74, 6) is 1.21. The molecule has 0 bridgehead atoms. The van der Waals surface area contributed by atoms with E-state index < -0.39 is 15.9 Å². The summed E-state index contributed by atoms with van der Waals surface area (Å²) >= 11 is 0. The number of ether oxygens (including phenoxy) is 2. The Kier molecular flexibility index (Phi) is 4.66. The monoisotopic (exact) mass is 400 g/mol. The van der Waals surface area contributed by atoms with E-state index in [0.717, 1.165) is 0 Å². The molecule has 4 rings (SSSR count). The van der Waals surface area contributed by atoms with Crippen molar-refractivity contribution in [2.75, 3.05) is 11.5 Å². The van der Waals surface area contributed by atoms with E-state index in [-0.39, 0.29) is 23.8 Å². The van der Waals surface area contributed by atoms with Gasteiger partial charge >= 0.3 is 0 Å². The Hall–Kier alpha value is -3.46. The molecule has 1 amide bonds. The third kappa shape index (κ3) is 3.79. The van der Waals surface area contributed by atoms with Gasteiger partial charge in [-0.3, -0.25) is 9.52 Å². The Morgan fingerprint density at radius 3 is 2.68 bits per heavy atom. The highest BCUT2D eigenvalue weighted by Gasteiger charge is 2.19. The van der Waals surface area contributed by atoms with Crippen LogP contribution in [0.25, 0.3) is 0 Å². The summed E-state index contributed by atoms with van der Waals surface area (Å²) < 4.78 is 43.5. The van der Waals surface area contributed by atoms with Crippen LogP contribution in [0, 0.1) is 0 Å². The summed E-state index contributed by atoms with van der Waals surface area (Å²) in [6.07, 6.45) is 1.51. The smallest absolute Gasteiger partial charge is 0.261 e. The van der Waals surface area contributed by atoms with E-state index >= 15 is 0 Å². The van der Waals surface area contributed by atoms with Crippen molar-refractivity contribution in [2.45, 2.75) is 11.4 Å². The van der Waals surface area contributed by atoms with Crippen molar-refractivity contribution >= 4 is 21.6 Å². The molecule has 1 aliphatic rings. The highest BCUT2D eigenvalue weighted by molar-refractivity contribution is 7.92. The molecule has 0 aliphatic carbocycles. The van der Waals surface area contributed by atoms with Crippen molar-refractivity contribution < 1.29 is 27.1 Å². The van der Waals surface area contributed by atoms with E-state index in [2.05, 4.69) is 10.0 Å². The number of carbonyl (C=O) groups is 1. The van der Waals surface area contributed by atoms with Gasteiger partial charge in [-0.1, -0.05) is 6.07 Å². The van der Waals surface area contributed by atoms with Crippen LogP contribution in [0.4, 0.5) is 5.69 Å². The first-order valence-corrected chi connectivity index (χ1v) is 9.83. The summed E-state index contributed by atoms with van der Waals surface area (Å²) in [6.45, 7) is 0.305. The second kappa shape index (κ2) is 7.28. The van der Waals surface area contributed by atoms with Crippen LogP contribution in [-0.4, -0.2) is 21.1 Å². The van der Waals surface area contributed by atoms with Gasteiger partial charge in [-0.05, 0) is 42.5 Å². The summed E-state index contributed by atoms with van der Waals surface area (Å²) in [5, 5.41) is 2.68. The summed E-state index contributed by atoms with van der Waals surface area (Å²) in [4.78, 5) is 12.3. The second-order valence-electron chi connectivity index (χ2n) is 5.96. The van der Waals surface area contributed by atoms with E-state index in [1.165, 1.54) is 30.5 Å². The predicted octanol–water partition coefficient (Wildman–Crippen LogP) is 2.74. The molecule has 144 valence electrons. The summed E-state index contributed by atoms with van der Waals surface area (Å²) in [6, 6.07) is 14.0. The van der Waals surface area contributed by atoms with E-state index in [4.69, 9.17) is 13.9 Å². The molecule has 8 nitrogen and oxygen atoms in total. The topological polar surface area (TPSA) is 107 Å². The van der Waals surface area contributed by atoms with E-state index in [1.807, 2.05) is 0 Å². The first-order chi connectivity index (χ1) is 13.5. The number of carbonyl (C=O) groups excluding carboxylic acids is 1. The molecule has 9 heteroatoms. The molecule has 0 saturated heterocycles. The van der Waals surface area contributed by atoms with Crippen LogP contribution in [0.5, 0.6) is 11.5 Å². The number of furan rings is 1. The van der Waals surface area contributed by atoms with E-state index in [9.17, 15) is 13.2 Å². The SMILES string of the molecule is O=C(NCc1ccco1)c1cccc(S(=O)(=O)Nc2ccc3c(c2)OCO3)c1. The largest absolute Gasteiger partial charge is 0.467 e. The molecule has 0 fully saturated rings. The molecule has 0 atom stereocenters. The van der Waals surface area contributed by atoms with Crippen molar-refractivity contribution in [3.05, 3.63) is 72.2 Å². The van der Waals surface area contributed by atoms with Crippen LogP contribution in [-0.2, 0) is 16.6 Å². The van der Waals surface area contributed by atoms with Gasteiger partial charge in [0.05, 0.1) is 23.4 Å². The number of nitrogens with one attached hydrogen (secondary N) is 2.